The van der Waals surface area contributed by atoms with Gasteiger partial charge in [0.2, 0.25) is 5.89 Å². The summed E-state index contributed by atoms with van der Waals surface area (Å²) in [6.45, 7) is 3.32. The number of carboxylic acid groups (broad SMARTS) is 1. The van der Waals surface area contributed by atoms with Crippen molar-refractivity contribution in [3.05, 3.63) is 17.3 Å². The molecular formula is C6H6NNaO3. The standard InChI is InChI=1S/C6H7NO3.Na/c1-3-4(2)10-5(7-3)6(8)9;/h1-2H3,(H,8,9);/q;+1/p-1. The molecule has 1 rings (SSSR count). The van der Waals surface area contributed by atoms with E-state index in [1.807, 2.05) is 0 Å². The molecule has 0 amide bonds. The quantitative estimate of drug-likeness (QED) is 0.406. The largest absolute Gasteiger partial charge is 1.00 e. The fraction of sp³-hybridized carbons (Fsp3) is 0.333. The number of nitrogens with zero attached hydrogens (tertiary/aromatic N) is 1. The Morgan fingerprint density at radius 2 is 2.09 bits per heavy atom. The van der Waals surface area contributed by atoms with Crippen molar-refractivity contribution in [3.63, 3.8) is 0 Å². The van der Waals surface area contributed by atoms with Crippen LogP contribution in [0.1, 0.15) is 22.1 Å². The van der Waals surface area contributed by atoms with E-state index in [4.69, 9.17) is 4.42 Å². The molecule has 0 atom stereocenters. The molecule has 0 aliphatic rings. The Balaban J connectivity index is 0.000001000. The van der Waals surface area contributed by atoms with Gasteiger partial charge in [0.25, 0.3) is 0 Å². The molecule has 0 saturated carbocycles. The van der Waals surface area contributed by atoms with Gasteiger partial charge in [0.05, 0.1) is 5.69 Å². The summed E-state index contributed by atoms with van der Waals surface area (Å²) in [5.41, 5.74) is 0.583. The fourth-order valence-corrected chi connectivity index (χ4v) is 0.560. The van der Waals surface area contributed by atoms with Crippen LogP contribution in [0.2, 0.25) is 0 Å². The van der Waals surface area contributed by atoms with Gasteiger partial charge < -0.3 is 14.3 Å². The van der Waals surface area contributed by atoms with Gasteiger partial charge in [0.15, 0.2) is 0 Å². The molecule has 0 fully saturated rings. The summed E-state index contributed by atoms with van der Waals surface area (Å²) in [5, 5.41) is 10.1. The van der Waals surface area contributed by atoms with E-state index in [0.717, 1.165) is 0 Å². The molecule has 0 unspecified atom stereocenters. The minimum atomic E-state index is -1.38. The molecule has 0 spiro atoms. The number of aromatic nitrogens is 1. The normalized spacial score (nSPS) is 8.91. The number of aryl methyl sites for hydroxylation is 2. The number of hydrogen-bond donors (Lipinski definition) is 0. The van der Waals surface area contributed by atoms with Crippen LogP contribution in [0.4, 0.5) is 0 Å². The zero-order valence-corrected chi connectivity index (χ0v) is 8.67. The number of carboxylic acids is 1. The molecule has 0 radical (unpaired) electrons. The van der Waals surface area contributed by atoms with E-state index in [2.05, 4.69) is 4.98 Å². The molecule has 1 aromatic heterocycles. The van der Waals surface area contributed by atoms with Crippen molar-refractivity contribution in [2.45, 2.75) is 13.8 Å². The van der Waals surface area contributed by atoms with Gasteiger partial charge in [-0.15, -0.1) is 0 Å². The zero-order valence-electron chi connectivity index (χ0n) is 6.67. The first-order valence-corrected chi connectivity index (χ1v) is 2.76. The predicted octanol–water partition coefficient (Wildman–Crippen LogP) is -3.34. The number of rotatable bonds is 1. The average molecular weight is 163 g/mol. The molecule has 4 nitrogen and oxygen atoms in total. The SMILES string of the molecule is Cc1nc(C(=O)[O-])oc1C.[Na+]. The van der Waals surface area contributed by atoms with Crippen LogP contribution in [-0.4, -0.2) is 11.0 Å². The molecule has 0 aromatic carbocycles. The number of oxazole rings is 1. The third-order valence-electron chi connectivity index (χ3n) is 1.20. The summed E-state index contributed by atoms with van der Waals surface area (Å²) < 4.78 is 4.70. The minimum absolute atomic E-state index is 0. The van der Waals surface area contributed by atoms with E-state index < -0.39 is 5.97 Å². The second-order valence-electron chi connectivity index (χ2n) is 1.95. The van der Waals surface area contributed by atoms with E-state index in [9.17, 15) is 9.90 Å². The van der Waals surface area contributed by atoms with Crippen LogP contribution in [0.15, 0.2) is 4.42 Å². The molecule has 0 saturated heterocycles. The molecule has 1 aromatic rings. The molecule has 0 aliphatic heterocycles. The van der Waals surface area contributed by atoms with Crippen LogP contribution in [-0.2, 0) is 0 Å². The predicted molar refractivity (Wildman–Crippen MR) is 30.3 cm³/mol. The van der Waals surface area contributed by atoms with Crippen LogP contribution in [0.5, 0.6) is 0 Å². The summed E-state index contributed by atoms with van der Waals surface area (Å²) >= 11 is 0. The molecule has 11 heavy (non-hydrogen) atoms. The van der Waals surface area contributed by atoms with E-state index in [1.54, 1.807) is 13.8 Å². The van der Waals surface area contributed by atoms with Gasteiger partial charge in [0.1, 0.15) is 11.7 Å². The molecule has 1 heterocycles. The molecular weight excluding hydrogens is 157 g/mol. The van der Waals surface area contributed by atoms with Crippen LogP contribution < -0.4 is 34.7 Å². The van der Waals surface area contributed by atoms with Gasteiger partial charge in [-0.1, -0.05) is 0 Å². The van der Waals surface area contributed by atoms with Gasteiger partial charge in [0, 0.05) is 0 Å². The van der Waals surface area contributed by atoms with Crippen molar-refractivity contribution in [2.75, 3.05) is 0 Å². The Morgan fingerprint density at radius 1 is 1.55 bits per heavy atom. The van der Waals surface area contributed by atoms with Crippen molar-refractivity contribution in [3.8, 4) is 0 Å². The first-order valence-electron chi connectivity index (χ1n) is 2.76. The van der Waals surface area contributed by atoms with E-state index in [0.29, 0.717) is 11.5 Å². The smallest absolute Gasteiger partial charge is 0.540 e. The second kappa shape index (κ2) is 3.90. The van der Waals surface area contributed by atoms with Gasteiger partial charge >= 0.3 is 29.6 Å². The zero-order chi connectivity index (χ0) is 7.72. The van der Waals surface area contributed by atoms with Gasteiger partial charge in [-0.2, -0.15) is 0 Å². The van der Waals surface area contributed by atoms with E-state index in [-0.39, 0.29) is 35.4 Å². The maximum absolute atomic E-state index is 10.1. The summed E-state index contributed by atoms with van der Waals surface area (Å²) in [6, 6.07) is 0. The van der Waals surface area contributed by atoms with Crippen molar-refractivity contribution >= 4 is 5.97 Å². The Labute approximate surface area is 85.9 Å². The maximum atomic E-state index is 10.1. The third-order valence-corrected chi connectivity index (χ3v) is 1.20. The summed E-state index contributed by atoms with van der Waals surface area (Å²) in [5.74, 6) is -1.22. The second-order valence-corrected chi connectivity index (χ2v) is 1.95. The molecule has 0 aliphatic carbocycles. The number of carbonyl (C=O) groups is 1. The minimum Gasteiger partial charge on any atom is -0.540 e. The topological polar surface area (TPSA) is 66.2 Å². The monoisotopic (exact) mass is 163 g/mol. The van der Waals surface area contributed by atoms with Crippen molar-refractivity contribution < 1.29 is 43.9 Å². The van der Waals surface area contributed by atoms with Crippen LogP contribution in [0.3, 0.4) is 0 Å². The van der Waals surface area contributed by atoms with Gasteiger partial charge in [-0.25, -0.2) is 4.98 Å². The average Bonchev–Trinajstić information content (AvgIpc) is 2.13. The Kier molecular flexibility index (Phi) is 3.78. The number of aromatic carboxylic acids is 1. The number of carbonyl (C=O) groups excluding carboxylic acids is 1. The first-order chi connectivity index (χ1) is 4.61. The van der Waals surface area contributed by atoms with Crippen molar-refractivity contribution in [2.24, 2.45) is 0 Å². The molecule has 0 N–H and O–H groups in total. The van der Waals surface area contributed by atoms with Crippen molar-refractivity contribution in [1.82, 2.24) is 4.98 Å². The summed E-state index contributed by atoms with van der Waals surface area (Å²) in [4.78, 5) is 13.7. The fourth-order valence-electron chi connectivity index (χ4n) is 0.560. The van der Waals surface area contributed by atoms with E-state index >= 15 is 0 Å². The third kappa shape index (κ3) is 2.32. The molecule has 0 bridgehead atoms. The van der Waals surface area contributed by atoms with Crippen LogP contribution in [0.25, 0.3) is 0 Å². The van der Waals surface area contributed by atoms with Crippen LogP contribution in [0, 0.1) is 13.8 Å². The van der Waals surface area contributed by atoms with Gasteiger partial charge in [-0.05, 0) is 13.8 Å². The molecule has 54 valence electrons. The van der Waals surface area contributed by atoms with Crippen molar-refractivity contribution in [1.29, 1.82) is 0 Å². The Bertz CT molecular complexity index is 249. The summed E-state index contributed by atoms with van der Waals surface area (Å²) in [6.07, 6.45) is 0. The van der Waals surface area contributed by atoms with Crippen LogP contribution >= 0.6 is 0 Å². The van der Waals surface area contributed by atoms with E-state index in [1.165, 1.54) is 0 Å². The maximum Gasteiger partial charge on any atom is 1.00 e. The first kappa shape index (κ1) is 10.7. The molecule has 5 heteroatoms. The Hall–Kier alpha value is -0.320. The van der Waals surface area contributed by atoms with Gasteiger partial charge in [-0.3, -0.25) is 0 Å². The summed E-state index contributed by atoms with van der Waals surface area (Å²) in [7, 11) is 0. The number of hydrogen-bond acceptors (Lipinski definition) is 4. The Morgan fingerprint density at radius 3 is 2.27 bits per heavy atom.